The molecule has 0 aliphatic heterocycles. The number of aryl methyl sites for hydroxylation is 2. The molecule has 2 aromatic rings. The summed E-state index contributed by atoms with van der Waals surface area (Å²) in [5.74, 6) is 1.24. The van der Waals surface area contributed by atoms with Crippen molar-refractivity contribution in [2.75, 3.05) is 18.5 Å². The molecule has 1 atom stereocenters. The highest BCUT2D eigenvalue weighted by molar-refractivity contribution is 5.41. The summed E-state index contributed by atoms with van der Waals surface area (Å²) in [6, 6.07) is 8.71. The molecule has 1 unspecified atom stereocenters. The first-order chi connectivity index (χ1) is 11.0. The van der Waals surface area contributed by atoms with Crippen molar-refractivity contribution in [3.63, 3.8) is 0 Å². The Morgan fingerprint density at radius 2 is 2.00 bits per heavy atom. The molecule has 0 bridgehead atoms. The number of aliphatic hydroxyl groups is 1. The number of hydrogen-bond acceptors (Lipinski definition) is 6. The number of aromatic nitrogens is 1. The molecule has 0 radical (unpaired) electrons. The van der Waals surface area contributed by atoms with Gasteiger partial charge in [0.05, 0.1) is 4.92 Å². The molecule has 7 nitrogen and oxygen atoms in total. The number of pyridine rings is 1. The van der Waals surface area contributed by atoms with Crippen molar-refractivity contribution >= 4 is 11.5 Å². The molecule has 0 spiro atoms. The van der Waals surface area contributed by atoms with Crippen LogP contribution in [0.1, 0.15) is 11.1 Å². The van der Waals surface area contributed by atoms with Gasteiger partial charge in [-0.05, 0) is 31.0 Å². The number of anilines is 1. The van der Waals surface area contributed by atoms with E-state index in [9.17, 15) is 15.2 Å². The van der Waals surface area contributed by atoms with Crippen molar-refractivity contribution in [2.24, 2.45) is 0 Å². The van der Waals surface area contributed by atoms with E-state index in [1.807, 2.05) is 32.0 Å². The van der Waals surface area contributed by atoms with Gasteiger partial charge in [0.15, 0.2) is 0 Å². The van der Waals surface area contributed by atoms with E-state index < -0.39 is 11.0 Å². The van der Waals surface area contributed by atoms with Gasteiger partial charge in [-0.25, -0.2) is 4.98 Å². The summed E-state index contributed by atoms with van der Waals surface area (Å²) < 4.78 is 5.67. The number of aliphatic hydroxyl groups excluding tert-OH is 1. The first-order valence-corrected chi connectivity index (χ1v) is 7.18. The van der Waals surface area contributed by atoms with Crippen molar-refractivity contribution in [3.8, 4) is 5.75 Å². The first kappa shape index (κ1) is 16.7. The van der Waals surface area contributed by atoms with Gasteiger partial charge < -0.3 is 15.2 Å². The molecule has 0 saturated carbocycles. The number of benzene rings is 1. The van der Waals surface area contributed by atoms with E-state index in [1.54, 1.807) is 0 Å². The van der Waals surface area contributed by atoms with Gasteiger partial charge in [-0.3, -0.25) is 10.1 Å². The highest BCUT2D eigenvalue weighted by atomic mass is 16.6. The largest absolute Gasteiger partial charge is 0.490 e. The zero-order chi connectivity index (χ0) is 16.8. The lowest BCUT2D eigenvalue weighted by Crippen LogP contribution is -2.26. The number of nitrogens with one attached hydrogen (secondary N) is 1. The van der Waals surface area contributed by atoms with Crippen LogP contribution in [0.5, 0.6) is 5.75 Å². The third-order valence-corrected chi connectivity index (χ3v) is 3.31. The van der Waals surface area contributed by atoms with Crippen LogP contribution in [-0.2, 0) is 0 Å². The number of para-hydroxylation sites is 1. The van der Waals surface area contributed by atoms with Gasteiger partial charge in [0, 0.05) is 12.6 Å². The lowest BCUT2D eigenvalue weighted by molar-refractivity contribution is -0.385. The van der Waals surface area contributed by atoms with Crippen LogP contribution in [0.4, 0.5) is 11.5 Å². The second kappa shape index (κ2) is 7.55. The third-order valence-electron chi connectivity index (χ3n) is 3.31. The summed E-state index contributed by atoms with van der Waals surface area (Å²) in [4.78, 5) is 13.9. The number of rotatable bonds is 7. The standard InChI is InChI=1S/C16H19N3O4/c1-11-4-3-5-12(2)16(11)23-10-14(20)9-18-15-7-6-13(8-17-15)19(21)22/h3-8,14,20H,9-10H2,1-2H3,(H,17,18). The van der Waals surface area contributed by atoms with Crippen LogP contribution in [0.2, 0.25) is 0 Å². The first-order valence-electron chi connectivity index (χ1n) is 7.18. The van der Waals surface area contributed by atoms with Crippen molar-refractivity contribution in [1.29, 1.82) is 0 Å². The summed E-state index contributed by atoms with van der Waals surface area (Å²) >= 11 is 0. The van der Waals surface area contributed by atoms with E-state index in [4.69, 9.17) is 4.74 Å². The summed E-state index contributed by atoms with van der Waals surface area (Å²) in [5, 5.41) is 23.4. The van der Waals surface area contributed by atoms with Crippen LogP contribution in [0.3, 0.4) is 0 Å². The SMILES string of the molecule is Cc1cccc(C)c1OCC(O)CNc1ccc([N+](=O)[O-])cn1. The Bertz CT molecular complexity index is 653. The molecule has 122 valence electrons. The average molecular weight is 317 g/mol. The molecule has 0 aliphatic rings. The smallest absolute Gasteiger partial charge is 0.287 e. The van der Waals surface area contributed by atoms with E-state index in [0.717, 1.165) is 16.9 Å². The van der Waals surface area contributed by atoms with Crippen molar-refractivity contribution < 1.29 is 14.8 Å². The summed E-state index contributed by atoms with van der Waals surface area (Å²) in [7, 11) is 0. The second-order valence-corrected chi connectivity index (χ2v) is 5.23. The lowest BCUT2D eigenvalue weighted by atomic mass is 10.1. The molecular formula is C16H19N3O4. The summed E-state index contributed by atoms with van der Waals surface area (Å²) in [6.07, 6.45) is 0.438. The Morgan fingerprint density at radius 1 is 1.30 bits per heavy atom. The second-order valence-electron chi connectivity index (χ2n) is 5.23. The minimum Gasteiger partial charge on any atom is -0.490 e. The molecule has 2 N–H and O–H groups in total. The molecule has 1 heterocycles. The van der Waals surface area contributed by atoms with Crippen LogP contribution in [0.15, 0.2) is 36.5 Å². The van der Waals surface area contributed by atoms with Crippen LogP contribution in [0.25, 0.3) is 0 Å². The van der Waals surface area contributed by atoms with Gasteiger partial charge in [-0.2, -0.15) is 0 Å². The molecule has 7 heteroatoms. The van der Waals surface area contributed by atoms with Crippen LogP contribution < -0.4 is 10.1 Å². The fraction of sp³-hybridized carbons (Fsp3) is 0.312. The van der Waals surface area contributed by atoms with Crippen LogP contribution in [0, 0.1) is 24.0 Å². The van der Waals surface area contributed by atoms with E-state index in [2.05, 4.69) is 10.3 Å². The Labute approximate surface area is 134 Å². The number of nitro groups is 1. The molecule has 2 rings (SSSR count). The van der Waals surface area contributed by atoms with E-state index >= 15 is 0 Å². The molecule has 0 fully saturated rings. The molecule has 1 aromatic heterocycles. The predicted octanol–water partition coefficient (Wildman–Crippen LogP) is 2.46. The monoisotopic (exact) mass is 317 g/mol. The molecular weight excluding hydrogens is 298 g/mol. The van der Waals surface area contributed by atoms with Crippen molar-refractivity contribution in [3.05, 3.63) is 57.8 Å². The highest BCUT2D eigenvalue weighted by Crippen LogP contribution is 2.22. The van der Waals surface area contributed by atoms with E-state index in [1.165, 1.54) is 18.3 Å². The number of hydrogen-bond donors (Lipinski definition) is 2. The minimum atomic E-state index is -0.731. The summed E-state index contributed by atoms with van der Waals surface area (Å²) in [6.45, 7) is 4.28. The van der Waals surface area contributed by atoms with Gasteiger partial charge in [0.25, 0.3) is 5.69 Å². The maximum atomic E-state index is 10.5. The Kier molecular flexibility index (Phi) is 5.48. The number of nitrogens with zero attached hydrogens (tertiary/aromatic N) is 2. The molecule has 0 amide bonds. The van der Waals surface area contributed by atoms with Crippen molar-refractivity contribution in [2.45, 2.75) is 20.0 Å². The van der Waals surface area contributed by atoms with Gasteiger partial charge in [-0.15, -0.1) is 0 Å². The van der Waals surface area contributed by atoms with Crippen LogP contribution >= 0.6 is 0 Å². The van der Waals surface area contributed by atoms with Crippen LogP contribution in [-0.4, -0.2) is 34.3 Å². The zero-order valence-corrected chi connectivity index (χ0v) is 13.0. The maximum absolute atomic E-state index is 10.5. The Balaban J connectivity index is 1.83. The van der Waals surface area contributed by atoms with Crippen molar-refractivity contribution in [1.82, 2.24) is 4.98 Å². The molecule has 0 aliphatic carbocycles. The molecule has 0 saturated heterocycles. The predicted molar refractivity (Wildman–Crippen MR) is 86.8 cm³/mol. The topological polar surface area (TPSA) is 97.5 Å². The van der Waals surface area contributed by atoms with E-state index in [-0.39, 0.29) is 18.8 Å². The Hall–Kier alpha value is -2.67. The van der Waals surface area contributed by atoms with Gasteiger partial charge >= 0.3 is 0 Å². The third kappa shape index (κ3) is 4.65. The molecule has 23 heavy (non-hydrogen) atoms. The summed E-state index contributed by atoms with van der Waals surface area (Å²) in [5.41, 5.74) is 1.96. The zero-order valence-electron chi connectivity index (χ0n) is 13.0. The quantitative estimate of drug-likeness (QED) is 0.601. The fourth-order valence-corrected chi connectivity index (χ4v) is 2.09. The maximum Gasteiger partial charge on any atom is 0.287 e. The molecule has 1 aromatic carbocycles. The lowest BCUT2D eigenvalue weighted by Gasteiger charge is -2.16. The van der Waals surface area contributed by atoms with Gasteiger partial charge in [0.1, 0.15) is 30.5 Å². The normalized spacial score (nSPS) is 11.8. The average Bonchev–Trinajstić information content (AvgIpc) is 2.53. The van der Waals surface area contributed by atoms with Gasteiger partial charge in [-0.1, -0.05) is 18.2 Å². The fourth-order valence-electron chi connectivity index (χ4n) is 2.09. The Morgan fingerprint density at radius 3 is 2.57 bits per heavy atom. The number of ether oxygens (including phenoxy) is 1. The van der Waals surface area contributed by atoms with E-state index in [0.29, 0.717) is 5.82 Å². The highest BCUT2D eigenvalue weighted by Gasteiger charge is 2.10. The minimum absolute atomic E-state index is 0.0746. The van der Waals surface area contributed by atoms with Gasteiger partial charge in [0.2, 0.25) is 0 Å².